The van der Waals surface area contributed by atoms with E-state index in [4.69, 9.17) is 4.74 Å². The standard InChI is InChI=1S/C14H26N4O/c1-5-15-14-9-16-13(8-17-14)11-18(6-7-19-4)10-12(2)3/h8-9,12H,5-7,10-11H2,1-4H3,(H,15,17). The predicted molar refractivity (Wildman–Crippen MR) is 78.2 cm³/mol. The monoisotopic (exact) mass is 266 g/mol. The summed E-state index contributed by atoms with van der Waals surface area (Å²) in [6.45, 7) is 10.9. The first-order valence-electron chi connectivity index (χ1n) is 6.91. The van der Waals surface area contributed by atoms with E-state index in [0.29, 0.717) is 5.92 Å². The van der Waals surface area contributed by atoms with Gasteiger partial charge in [-0.3, -0.25) is 9.88 Å². The Hall–Kier alpha value is -1.20. The lowest BCUT2D eigenvalue weighted by molar-refractivity contribution is 0.135. The molecule has 0 amide bonds. The number of aromatic nitrogens is 2. The molecule has 0 atom stereocenters. The maximum absolute atomic E-state index is 5.15. The molecule has 0 aliphatic carbocycles. The minimum atomic E-state index is 0.630. The van der Waals surface area contributed by atoms with Gasteiger partial charge in [0.2, 0.25) is 0 Å². The molecule has 0 aliphatic heterocycles. The fraction of sp³-hybridized carbons (Fsp3) is 0.714. The first kappa shape index (κ1) is 15.9. The van der Waals surface area contributed by atoms with Gasteiger partial charge in [-0.15, -0.1) is 0 Å². The molecule has 0 saturated heterocycles. The highest BCUT2D eigenvalue weighted by Gasteiger charge is 2.09. The predicted octanol–water partition coefficient (Wildman–Crippen LogP) is 2.01. The summed E-state index contributed by atoms with van der Waals surface area (Å²) in [5.74, 6) is 1.46. The van der Waals surface area contributed by atoms with Gasteiger partial charge in [0, 0.05) is 33.3 Å². The molecule has 1 heterocycles. The molecule has 5 nitrogen and oxygen atoms in total. The van der Waals surface area contributed by atoms with E-state index in [2.05, 4.69) is 34.0 Å². The van der Waals surface area contributed by atoms with Crippen LogP contribution in [0.1, 0.15) is 26.5 Å². The zero-order valence-corrected chi connectivity index (χ0v) is 12.5. The maximum atomic E-state index is 5.15. The summed E-state index contributed by atoms with van der Waals surface area (Å²) in [4.78, 5) is 11.1. The van der Waals surface area contributed by atoms with Crippen molar-refractivity contribution in [2.45, 2.75) is 27.3 Å². The summed E-state index contributed by atoms with van der Waals surface area (Å²) >= 11 is 0. The summed E-state index contributed by atoms with van der Waals surface area (Å²) in [7, 11) is 1.73. The van der Waals surface area contributed by atoms with Crippen molar-refractivity contribution in [3.63, 3.8) is 0 Å². The Kier molecular flexibility index (Phi) is 7.36. The maximum Gasteiger partial charge on any atom is 0.144 e. The topological polar surface area (TPSA) is 50.3 Å². The molecular formula is C14H26N4O. The molecule has 5 heteroatoms. The van der Waals surface area contributed by atoms with Gasteiger partial charge in [-0.25, -0.2) is 4.98 Å². The number of rotatable bonds is 9. The van der Waals surface area contributed by atoms with Crippen molar-refractivity contribution >= 4 is 5.82 Å². The second-order valence-corrected chi connectivity index (χ2v) is 5.05. The smallest absolute Gasteiger partial charge is 0.144 e. The highest BCUT2D eigenvalue weighted by Crippen LogP contribution is 2.06. The molecule has 0 fully saturated rings. The third-order valence-corrected chi connectivity index (χ3v) is 2.68. The number of hydrogen-bond donors (Lipinski definition) is 1. The van der Waals surface area contributed by atoms with Crippen LogP contribution in [0.25, 0.3) is 0 Å². The van der Waals surface area contributed by atoms with Gasteiger partial charge in [-0.05, 0) is 12.8 Å². The van der Waals surface area contributed by atoms with Crippen LogP contribution >= 0.6 is 0 Å². The molecule has 0 bridgehead atoms. The van der Waals surface area contributed by atoms with Crippen LogP contribution in [0.3, 0.4) is 0 Å². The van der Waals surface area contributed by atoms with Gasteiger partial charge in [0.25, 0.3) is 0 Å². The van der Waals surface area contributed by atoms with Crippen molar-refractivity contribution in [3.05, 3.63) is 18.1 Å². The summed E-state index contributed by atoms with van der Waals surface area (Å²) in [6, 6.07) is 0. The van der Waals surface area contributed by atoms with Crippen LogP contribution < -0.4 is 5.32 Å². The van der Waals surface area contributed by atoms with Crippen molar-refractivity contribution in [1.29, 1.82) is 0 Å². The number of nitrogens with one attached hydrogen (secondary N) is 1. The van der Waals surface area contributed by atoms with Gasteiger partial charge in [0.05, 0.1) is 24.7 Å². The molecule has 0 aliphatic rings. The Bertz CT molecular complexity index is 340. The van der Waals surface area contributed by atoms with Crippen molar-refractivity contribution in [1.82, 2.24) is 14.9 Å². The third-order valence-electron chi connectivity index (χ3n) is 2.68. The van der Waals surface area contributed by atoms with E-state index in [0.717, 1.165) is 44.3 Å². The van der Waals surface area contributed by atoms with Crippen LogP contribution in [0.15, 0.2) is 12.4 Å². The van der Waals surface area contributed by atoms with E-state index in [-0.39, 0.29) is 0 Å². The number of hydrogen-bond acceptors (Lipinski definition) is 5. The first-order valence-corrected chi connectivity index (χ1v) is 6.91. The lowest BCUT2D eigenvalue weighted by Gasteiger charge is -2.23. The summed E-state index contributed by atoms with van der Waals surface area (Å²) < 4.78 is 5.15. The van der Waals surface area contributed by atoms with Crippen molar-refractivity contribution < 1.29 is 4.74 Å². The average Bonchev–Trinajstić information content (AvgIpc) is 2.38. The normalized spacial score (nSPS) is 11.3. The van der Waals surface area contributed by atoms with E-state index < -0.39 is 0 Å². The molecule has 108 valence electrons. The Morgan fingerprint density at radius 1 is 1.32 bits per heavy atom. The van der Waals surface area contributed by atoms with E-state index in [1.54, 1.807) is 13.3 Å². The van der Waals surface area contributed by atoms with E-state index in [1.807, 2.05) is 13.1 Å². The van der Waals surface area contributed by atoms with Crippen LogP contribution in [0.2, 0.25) is 0 Å². The molecule has 0 aromatic carbocycles. The molecular weight excluding hydrogens is 240 g/mol. The SMILES string of the molecule is CCNc1cnc(CN(CCOC)CC(C)C)cn1. The van der Waals surface area contributed by atoms with Crippen molar-refractivity contribution in [2.24, 2.45) is 5.92 Å². The van der Waals surface area contributed by atoms with Gasteiger partial charge in [0.1, 0.15) is 5.82 Å². The number of methoxy groups -OCH3 is 1. The Labute approximate surface area is 116 Å². The van der Waals surface area contributed by atoms with E-state index >= 15 is 0 Å². The molecule has 0 radical (unpaired) electrons. The highest BCUT2D eigenvalue weighted by atomic mass is 16.5. The minimum Gasteiger partial charge on any atom is -0.383 e. The van der Waals surface area contributed by atoms with Gasteiger partial charge in [0.15, 0.2) is 0 Å². The largest absolute Gasteiger partial charge is 0.383 e. The van der Waals surface area contributed by atoms with Crippen molar-refractivity contribution in [2.75, 3.05) is 38.7 Å². The van der Waals surface area contributed by atoms with Gasteiger partial charge in [-0.2, -0.15) is 0 Å². The zero-order chi connectivity index (χ0) is 14.1. The second kappa shape index (κ2) is 8.82. The number of anilines is 1. The fourth-order valence-electron chi connectivity index (χ4n) is 1.91. The highest BCUT2D eigenvalue weighted by molar-refractivity contribution is 5.30. The van der Waals surface area contributed by atoms with Gasteiger partial charge in [-0.1, -0.05) is 13.8 Å². The van der Waals surface area contributed by atoms with Gasteiger partial charge >= 0.3 is 0 Å². The van der Waals surface area contributed by atoms with Crippen LogP contribution in [0.5, 0.6) is 0 Å². The Balaban J connectivity index is 2.56. The lowest BCUT2D eigenvalue weighted by Crippen LogP contribution is -2.31. The quantitative estimate of drug-likeness (QED) is 0.741. The van der Waals surface area contributed by atoms with E-state index in [9.17, 15) is 0 Å². The molecule has 19 heavy (non-hydrogen) atoms. The fourth-order valence-corrected chi connectivity index (χ4v) is 1.91. The van der Waals surface area contributed by atoms with Crippen LogP contribution in [-0.4, -0.2) is 48.2 Å². The Morgan fingerprint density at radius 3 is 2.63 bits per heavy atom. The second-order valence-electron chi connectivity index (χ2n) is 5.05. The molecule has 1 aromatic heterocycles. The number of nitrogens with zero attached hydrogens (tertiary/aromatic N) is 3. The number of ether oxygens (including phenoxy) is 1. The minimum absolute atomic E-state index is 0.630. The third kappa shape index (κ3) is 6.50. The molecule has 1 rings (SSSR count). The summed E-state index contributed by atoms with van der Waals surface area (Å²) in [5.41, 5.74) is 0.999. The average molecular weight is 266 g/mol. The summed E-state index contributed by atoms with van der Waals surface area (Å²) in [5, 5.41) is 3.15. The van der Waals surface area contributed by atoms with E-state index in [1.165, 1.54) is 0 Å². The van der Waals surface area contributed by atoms with Crippen LogP contribution in [-0.2, 0) is 11.3 Å². The first-order chi connectivity index (χ1) is 9.15. The molecule has 0 saturated carbocycles. The molecule has 1 N–H and O–H groups in total. The molecule has 0 spiro atoms. The summed E-state index contributed by atoms with van der Waals surface area (Å²) in [6.07, 6.45) is 3.64. The lowest BCUT2D eigenvalue weighted by atomic mass is 10.2. The van der Waals surface area contributed by atoms with Crippen LogP contribution in [0.4, 0.5) is 5.82 Å². The molecule has 0 unspecified atom stereocenters. The van der Waals surface area contributed by atoms with Gasteiger partial charge < -0.3 is 10.1 Å². The van der Waals surface area contributed by atoms with Crippen LogP contribution in [0, 0.1) is 5.92 Å². The molecule has 1 aromatic rings. The Morgan fingerprint density at radius 2 is 2.11 bits per heavy atom. The van der Waals surface area contributed by atoms with Crippen molar-refractivity contribution in [3.8, 4) is 0 Å². The zero-order valence-electron chi connectivity index (χ0n) is 12.5.